The van der Waals surface area contributed by atoms with E-state index in [1.165, 1.54) is 4.90 Å². The summed E-state index contributed by atoms with van der Waals surface area (Å²) < 4.78 is 5.62. The van der Waals surface area contributed by atoms with E-state index in [2.05, 4.69) is 10.3 Å². The lowest BCUT2D eigenvalue weighted by molar-refractivity contribution is -0.147. The van der Waals surface area contributed by atoms with Crippen LogP contribution in [0.5, 0.6) is 11.6 Å². The molecule has 136 valence electrons. The first-order valence-corrected chi connectivity index (χ1v) is 8.40. The molecule has 2 heterocycles. The van der Waals surface area contributed by atoms with Crippen LogP contribution in [0.2, 0.25) is 0 Å². The number of benzene rings is 1. The largest absolute Gasteiger partial charge is 0.481 e. The van der Waals surface area contributed by atoms with Crippen molar-refractivity contribution in [2.45, 2.75) is 19.9 Å². The first kappa shape index (κ1) is 17.7. The van der Waals surface area contributed by atoms with Crippen LogP contribution in [-0.4, -0.2) is 40.1 Å². The molecule has 1 aromatic heterocycles. The number of ether oxygens (including phenoxy) is 1. The third kappa shape index (κ3) is 4.11. The minimum Gasteiger partial charge on any atom is -0.481 e. The minimum atomic E-state index is -0.869. The number of aromatic nitrogens is 1. The van der Waals surface area contributed by atoms with Crippen molar-refractivity contribution >= 4 is 12.0 Å². The Balaban J connectivity index is 1.50. The van der Waals surface area contributed by atoms with E-state index >= 15 is 0 Å². The molecular formula is C19H21N3O4. The fraction of sp³-hybridized carbons (Fsp3) is 0.316. The highest BCUT2D eigenvalue weighted by atomic mass is 16.5. The van der Waals surface area contributed by atoms with Crippen LogP contribution in [0.1, 0.15) is 18.9 Å². The van der Waals surface area contributed by atoms with Gasteiger partial charge in [0.2, 0.25) is 5.88 Å². The van der Waals surface area contributed by atoms with Gasteiger partial charge in [-0.05, 0) is 31.0 Å². The summed E-state index contributed by atoms with van der Waals surface area (Å²) in [5, 5.41) is 12.0. The van der Waals surface area contributed by atoms with Crippen LogP contribution < -0.4 is 10.1 Å². The lowest BCUT2D eigenvalue weighted by Gasteiger charge is -2.20. The van der Waals surface area contributed by atoms with Gasteiger partial charge >= 0.3 is 12.0 Å². The maximum Gasteiger partial charge on any atom is 0.317 e. The molecule has 1 aromatic carbocycles. The van der Waals surface area contributed by atoms with E-state index in [0.29, 0.717) is 31.1 Å². The van der Waals surface area contributed by atoms with Crippen LogP contribution in [0, 0.1) is 5.41 Å². The third-order valence-electron chi connectivity index (χ3n) is 4.48. The normalized spacial score (nSPS) is 19.2. The van der Waals surface area contributed by atoms with Crippen molar-refractivity contribution in [3.63, 3.8) is 0 Å². The zero-order valence-electron chi connectivity index (χ0n) is 14.5. The second kappa shape index (κ2) is 7.43. The molecule has 2 amide bonds. The number of pyridine rings is 1. The maximum atomic E-state index is 12.2. The summed E-state index contributed by atoms with van der Waals surface area (Å²) in [6, 6.07) is 12.7. The SMILES string of the molecule is CC1(C(=O)O)CCN(C(=O)NCc2ccc(Oc3ccccc3)nc2)C1. The Labute approximate surface area is 151 Å². The molecular weight excluding hydrogens is 334 g/mol. The molecule has 0 saturated carbocycles. The lowest BCUT2D eigenvalue weighted by Crippen LogP contribution is -2.40. The van der Waals surface area contributed by atoms with Gasteiger partial charge in [-0.15, -0.1) is 0 Å². The number of rotatable bonds is 5. The van der Waals surface area contributed by atoms with Crippen LogP contribution in [-0.2, 0) is 11.3 Å². The molecule has 2 N–H and O–H groups in total. The Morgan fingerprint density at radius 2 is 2.04 bits per heavy atom. The Hall–Kier alpha value is -3.09. The fourth-order valence-corrected chi connectivity index (χ4v) is 2.78. The molecule has 1 atom stereocenters. The number of para-hydroxylation sites is 1. The van der Waals surface area contributed by atoms with Crippen LogP contribution >= 0.6 is 0 Å². The molecule has 0 bridgehead atoms. The number of carbonyl (C=O) groups is 2. The van der Waals surface area contributed by atoms with Crippen molar-refractivity contribution in [2.75, 3.05) is 13.1 Å². The van der Waals surface area contributed by atoms with E-state index in [1.54, 1.807) is 19.2 Å². The molecule has 1 aliphatic heterocycles. The zero-order chi connectivity index (χ0) is 18.6. The Morgan fingerprint density at radius 1 is 1.27 bits per heavy atom. The number of carboxylic acid groups (broad SMARTS) is 1. The number of aliphatic carboxylic acids is 1. The number of carboxylic acids is 1. The van der Waals surface area contributed by atoms with Crippen molar-refractivity contribution in [1.29, 1.82) is 0 Å². The predicted octanol–water partition coefficient (Wildman–Crippen LogP) is 2.88. The number of carbonyl (C=O) groups excluding carboxylic acids is 1. The number of hydrogen-bond donors (Lipinski definition) is 2. The second-order valence-electron chi connectivity index (χ2n) is 6.62. The van der Waals surface area contributed by atoms with Gasteiger partial charge in [0.25, 0.3) is 0 Å². The highest BCUT2D eigenvalue weighted by Gasteiger charge is 2.42. The average Bonchev–Trinajstić information content (AvgIpc) is 3.06. The second-order valence-corrected chi connectivity index (χ2v) is 6.62. The topological polar surface area (TPSA) is 91.8 Å². The summed E-state index contributed by atoms with van der Waals surface area (Å²) in [7, 11) is 0. The summed E-state index contributed by atoms with van der Waals surface area (Å²) >= 11 is 0. The standard InChI is InChI=1S/C19H21N3O4/c1-19(17(23)24)9-10-22(13-19)18(25)21-12-14-7-8-16(20-11-14)26-15-5-3-2-4-6-15/h2-8,11H,9-10,12-13H2,1H3,(H,21,25)(H,23,24). The summed E-state index contributed by atoms with van der Waals surface area (Å²) in [4.78, 5) is 29.2. The zero-order valence-corrected chi connectivity index (χ0v) is 14.5. The molecule has 0 radical (unpaired) electrons. The van der Waals surface area contributed by atoms with Crippen LogP contribution in [0.25, 0.3) is 0 Å². The van der Waals surface area contributed by atoms with Crippen molar-refractivity contribution in [3.05, 3.63) is 54.2 Å². The van der Waals surface area contributed by atoms with Gasteiger partial charge in [0.15, 0.2) is 0 Å². The van der Waals surface area contributed by atoms with E-state index in [1.807, 2.05) is 36.4 Å². The summed E-state index contributed by atoms with van der Waals surface area (Å²) in [6.07, 6.45) is 2.10. The molecule has 1 saturated heterocycles. The molecule has 3 rings (SSSR count). The van der Waals surface area contributed by atoms with Crippen LogP contribution in [0.15, 0.2) is 48.7 Å². The van der Waals surface area contributed by atoms with Gasteiger partial charge in [0.1, 0.15) is 5.75 Å². The fourth-order valence-electron chi connectivity index (χ4n) is 2.78. The molecule has 1 fully saturated rings. The number of nitrogens with zero attached hydrogens (tertiary/aromatic N) is 2. The van der Waals surface area contributed by atoms with Crippen molar-refractivity contribution in [2.24, 2.45) is 5.41 Å². The third-order valence-corrected chi connectivity index (χ3v) is 4.48. The Morgan fingerprint density at radius 3 is 2.65 bits per heavy atom. The Kier molecular flexibility index (Phi) is 5.06. The number of nitrogens with one attached hydrogen (secondary N) is 1. The number of amides is 2. The smallest absolute Gasteiger partial charge is 0.317 e. The van der Waals surface area contributed by atoms with E-state index in [0.717, 1.165) is 5.56 Å². The van der Waals surface area contributed by atoms with Gasteiger partial charge < -0.3 is 20.1 Å². The van der Waals surface area contributed by atoms with Gasteiger partial charge in [-0.2, -0.15) is 0 Å². The van der Waals surface area contributed by atoms with E-state index in [4.69, 9.17) is 4.74 Å². The van der Waals surface area contributed by atoms with Gasteiger partial charge in [0.05, 0.1) is 5.41 Å². The van der Waals surface area contributed by atoms with Gasteiger partial charge in [-0.25, -0.2) is 9.78 Å². The van der Waals surface area contributed by atoms with Gasteiger partial charge in [-0.1, -0.05) is 24.3 Å². The molecule has 7 heteroatoms. The monoisotopic (exact) mass is 355 g/mol. The molecule has 1 aliphatic rings. The summed E-state index contributed by atoms with van der Waals surface area (Å²) in [6.45, 7) is 2.64. The molecule has 0 aliphatic carbocycles. The van der Waals surface area contributed by atoms with E-state index in [9.17, 15) is 14.7 Å². The number of hydrogen-bond acceptors (Lipinski definition) is 4. The van der Waals surface area contributed by atoms with Gasteiger partial charge in [-0.3, -0.25) is 4.79 Å². The van der Waals surface area contributed by atoms with Gasteiger partial charge in [0, 0.05) is 31.9 Å². The average molecular weight is 355 g/mol. The predicted molar refractivity (Wildman–Crippen MR) is 94.9 cm³/mol. The van der Waals surface area contributed by atoms with E-state index < -0.39 is 11.4 Å². The van der Waals surface area contributed by atoms with Crippen molar-refractivity contribution in [1.82, 2.24) is 15.2 Å². The highest BCUT2D eigenvalue weighted by Crippen LogP contribution is 2.30. The summed E-state index contributed by atoms with van der Waals surface area (Å²) in [5.41, 5.74) is -0.0334. The van der Waals surface area contributed by atoms with Crippen LogP contribution in [0.4, 0.5) is 4.79 Å². The molecule has 1 unspecified atom stereocenters. The molecule has 7 nitrogen and oxygen atoms in total. The molecule has 26 heavy (non-hydrogen) atoms. The van der Waals surface area contributed by atoms with E-state index in [-0.39, 0.29) is 12.6 Å². The van der Waals surface area contributed by atoms with Crippen LogP contribution in [0.3, 0.4) is 0 Å². The minimum absolute atomic E-state index is 0.219. The number of urea groups is 1. The highest BCUT2D eigenvalue weighted by molar-refractivity contribution is 5.79. The number of likely N-dealkylation sites (tertiary alicyclic amines) is 1. The lowest BCUT2D eigenvalue weighted by atomic mass is 9.90. The Bertz CT molecular complexity index is 779. The quantitative estimate of drug-likeness (QED) is 0.860. The maximum absolute atomic E-state index is 12.2. The molecule has 0 spiro atoms. The molecule has 2 aromatic rings. The van der Waals surface area contributed by atoms with Crippen molar-refractivity contribution < 1.29 is 19.4 Å². The first-order valence-electron chi connectivity index (χ1n) is 8.40. The first-order chi connectivity index (χ1) is 12.5. The summed E-state index contributed by atoms with van der Waals surface area (Å²) in [5.74, 6) is 0.311. The van der Waals surface area contributed by atoms with Crippen molar-refractivity contribution in [3.8, 4) is 11.6 Å².